The van der Waals surface area contributed by atoms with Crippen molar-refractivity contribution >= 4 is 27.7 Å². The third-order valence-electron chi connectivity index (χ3n) is 11.9. The van der Waals surface area contributed by atoms with Crippen LogP contribution in [0.2, 0.25) is 0 Å². The van der Waals surface area contributed by atoms with Gasteiger partial charge in [0.1, 0.15) is 22.7 Å². The summed E-state index contributed by atoms with van der Waals surface area (Å²) in [7, 11) is 0. The summed E-state index contributed by atoms with van der Waals surface area (Å²) >= 11 is 0. The van der Waals surface area contributed by atoms with Crippen molar-refractivity contribution in [3.05, 3.63) is 124 Å². The summed E-state index contributed by atoms with van der Waals surface area (Å²) in [5.74, 6) is 2.86. The van der Waals surface area contributed by atoms with E-state index < -0.39 is 11.1 Å². The van der Waals surface area contributed by atoms with Crippen LogP contribution in [0.25, 0.3) is 27.6 Å². The number of aromatic nitrogens is 3. The number of rotatable bonds is 3. The van der Waals surface area contributed by atoms with E-state index in [1.165, 1.54) is 44.1 Å². The van der Waals surface area contributed by atoms with Crippen molar-refractivity contribution in [3.63, 3.8) is 0 Å². The van der Waals surface area contributed by atoms with Gasteiger partial charge in [-0.2, -0.15) is 0 Å². The molecule has 0 saturated carbocycles. The minimum absolute atomic E-state index is 0.177. The average Bonchev–Trinajstić information content (AvgIpc) is 3.55. The van der Waals surface area contributed by atoms with Crippen molar-refractivity contribution < 1.29 is 9.47 Å². The first-order valence-corrected chi connectivity index (χ1v) is 16.9. The number of hydrogen-bond acceptors (Lipinski definition) is 5. The van der Waals surface area contributed by atoms with Crippen LogP contribution in [0.3, 0.4) is 0 Å². The van der Waals surface area contributed by atoms with Crippen molar-refractivity contribution in [3.8, 4) is 17.4 Å². The lowest BCUT2D eigenvalue weighted by molar-refractivity contribution is -0.0136. The molecule has 48 heavy (non-hydrogen) atoms. The molecule has 0 amide bonds. The van der Waals surface area contributed by atoms with Crippen LogP contribution in [0.4, 0.5) is 0 Å². The first kappa shape index (κ1) is 29.2. The second kappa shape index (κ2) is 9.13. The Labute approximate surface area is 281 Å². The van der Waals surface area contributed by atoms with E-state index in [2.05, 4.69) is 115 Å². The van der Waals surface area contributed by atoms with Crippen molar-refractivity contribution in [2.75, 3.05) is 0 Å². The smallest absolute Gasteiger partial charge is 0.220 e. The quantitative estimate of drug-likeness (QED) is 0.195. The molecule has 6 aromatic rings. The Kier molecular flexibility index (Phi) is 5.55. The van der Waals surface area contributed by atoms with Crippen LogP contribution in [0, 0.1) is 20.8 Å². The van der Waals surface area contributed by atoms with Gasteiger partial charge < -0.3 is 9.47 Å². The second-order valence-electron chi connectivity index (χ2n) is 15.4. The maximum absolute atomic E-state index is 6.90. The van der Waals surface area contributed by atoms with Gasteiger partial charge in [-0.1, -0.05) is 69.7 Å². The van der Waals surface area contributed by atoms with Crippen LogP contribution >= 0.6 is 0 Å². The molecule has 240 valence electrons. The zero-order chi connectivity index (χ0) is 33.5. The molecule has 5 heterocycles. The number of fused-ring (bicyclic) bond motifs is 8. The van der Waals surface area contributed by atoms with Gasteiger partial charge >= 0.3 is 0 Å². The van der Waals surface area contributed by atoms with E-state index in [0.717, 1.165) is 33.9 Å². The molecule has 3 aliphatic rings. The lowest BCUT2D eigenvalue weighted by atomic mass is 9.71. The molecule has 0 bridgehead atoms. The van der Waals surface area contributed by atoms with Crippen molar-refractivity contribution in [2.24, 2.45) is 4.99 Å². The maximum Gasteiger partial charge on any atom is 0.220 e. The highest BCUT2D eigenvalue weighted by Crippen LogP contribution is 2.61. The van der Waals surface area contributed by atoms with Gasteiger partial charge in [0, 0.05) is 56.8 Å². The Bertz CT molecular complexity index is 2430. The fourth-order valence-electron chi connectivity index (χ4n) is 8.88. The monoisotopic (exact) mass is 632 g/mol. The topological polar surface area (TPSA) is 61.5 Å². The zero-order valence-corrected chi connectivity index (χ0v) is 29.1. The van der Waals surface area contributed by atoms with E-state index in [1.807, 2.05) is 31.3 Å². The predicted octanol–water partition coefficient (Wildman–Crippen LogP) is 9.67. The molecule has 6 heteroatoms. The summed E-state index contributed by atoms with van der Waals surface area (Å²) < 4.78 is 15.9. The Morgan fingerprint density at radius 3 is 2.29 bits per heavy atom. The molecule has 6 nitrogen and oxygen atoms in total. The summed E-state index contributed by atoms with van der Waals surface area (Å²) in [5.41, 5.74) is 9.84. The van der Waals surface area contributed by atoms with Crippen LogP contribution in [-0.2, 0) is 21.1 Å². The van der Waals surface area contributed by atoms with Gasteiger partial charge in [0.25, 0.3) is 0 Å². The largest absolute Gasteiger partial charge is 0.467 e. The van der Waals surface area contributed by atoms with Crippen LogP contribution < -0.4 is 4.74 Å². The lowest BCUT2D eigenvalue weighted by Gasteiger charge is -2.41. The molecule has 0 fully saturated rings. The highest BCUT2D eigenvalue weighted by molar-refractivity contribution is 6.12. The Morgan fingerprint density at radius 1 is 0.750 bits per heavy atom. The molecule has 0 N–H and O–H groups in total. The number of pyridine rings is 2. The number of ether oxygens (including phenoxy) is 2. The lowest BCUT2D eigenvalue weighted by Crippen LogP contribution is -2.51. The minimum atomic E-state index is -0.548. The summed E-state index contributed by atoms with van der Waals surface area (Å²) in [6.45, 7) is 19.8. The molecule has 0 unspecified atom stereocenters. The normalized spacial score (nSPS) is 22.6. The first-order chi connectivity index (χ1) is 22.7. The van der Waals surface area contributed by atoms with Gasteiger partial charge in [-0.25, -0.2) is 15.0 Å². The van der Waals surface area contributed by atoms with Crippen molar-refractivity contribution in [2.45, 2.75) is 84.3 Å². The average molecular weight is 633 g/mol. The molecule has 3 aromatic heterocycles. The van der Waals surface area contributed by atoms with Gasteiger partial charge in [-0.15, -0.1) is 0 Å². The highest BCUT2D eigenvalue weighted by Gasteiger charge is 2.67. The van der Waals surface area contributed by atoms with Crippen LogP contribution in [0.5, 0.6) is 11.6 Å². The van der Waals surface area contributed by atoms with E-state index in [9.17, 15) is 0 Å². The zero-order valence-electron chi connectivity index (χ0n) is 29.1. The maximum atomic E-state index is 6.90. The fourth-order valence-corrected chi connectivity index (χ4v) is 8.88. The Morgan fingerprint density at radius 2 is 1.50 bits per heavy atom. The molecule has 9 rings (SSSR count). The van der Waals surface area contributed by atoms with E-state index in [4.69, 9.17) is 24.4 Å². The number of benzene rings is 3. The number of nitrogens with zero attached hydrogens (tertiary/aromatic N) is 4. The third-order valence-corrected chi connectivity index (χ3v) is 11.9. The van der Waals surface area contributed by atoms with Crippen LogP contribution in [0.1, 0.15) is 86.2 Å². The SMILES string of the molecule is Cc1cc2c3c(c1)c1cc(C)c(Oc4cc(C5=N[C@]6(C)c7ccccc7C(C)(C)[C@]6(C)O5)cc(C)n4)cc1n3-c1ncccc1C2(C)C. The van der Waals surface area contributed by atoms with Crippen LogP contribution in [-0.4, -0.2) is 26.0 Å². The second-order valence-corrected chi connectivity index (χ2v) is 15.4. The Balaban J connectivity index is 1.17. The number of aliphatic imine (C=N–C) groups is 1. The van der Waals surface area contributed by atoms with Crippen LogP contribution in [0.15, 0.2) is 84.0 Å². The van der Waals surface area contributed by atoms with E-state index in [0.29, 0.717) is 11.8 Å². The summed E-state index contributed by atoms with van der Waals surface area (Å²) in [6.07, 6.45) is 1.89. The summed E-state index contributed by atoms with van der Waals surface area (Å²) in [4.78, 5) is 15.1. The molecule has 0 saturated heterocycles. The highest BCUT2D eigenvalue weighted by atomic mass is 16.5. The van der Waals surface area contributed by atoms with E-state index in [-0.39, 0.29) is 10.8 Å². The molecular formula is C42H40N4O2. The summed E-state index contributed by atoms with van der Waals surface area (Å²) in [5, 5.41) is 2.43. The third kappa shape index (κ3) is 3.50. The summed E-state index contributed by atoms with van der Waals surface area (Å²) in [6, 6.07) is 25.9. The molecular weight excluding hydrogens is 592 g/mol. The Hall–Kier alpha value is -4.97. The molecule has 0 spiro atoms. The number of aryl methyl sites for hydroxylation is 3. The molecule has 0 radical (unpaired) electrons. The fraction of sp³-hybridized carbons (Fsp3) is 0.310. The minimum Gasteiger partial charge on any atom is -0.467 e. The molecule has 3 aromatic carbocycles. The van der Waals surface area contributed by atoms with E-state index in [1.54, 1.807) is 0 Å². The van der Waals surface area contributed by atoms with Gasteiger partial charge in [0.05, 0.1) is 11.0 Å². The van der Waals surface area contributed by atoms with Gasteiger partial charge in [0.2, 0.25) is 11.8 Å². The predicted molar refractivity (Wildman–Crippen MR) is 192 cm³/mol. The van der Waals surface area contributed by atoms with Crippen molar-refractivity contribution in [1.29, 1.82) is 0 Å². The molecule has 2 aliphatic heterocycles. The molecule has 1 aliphatic carbocycles. The molecule has 2 atom stereocenters. The standard InChI is InChI=1S/C42H40N4O2/c1-23-17-28-27-19-24(2)34(22-33(27)46-36(28)32(18-23)39(4,5)31-15-12-16-43-37(31)46)47-35-21-26(20-25(3)44-35)38-45-41(8)30-14-11-10-13-29(30)40(6,7)42(41,9)48-38/h10-22H,1-9H3/t41-,42+/m1/s1. The van der Waals surface area contributed by atoms with Gasteiger partial charge in [0.15, 0.2) is 0 Å². The van der Waals surface area contributed by atoms with E-state index >= 15 is 0 Å². The van der Waals surface area contributed by atoms with Crippen molar-refractivity contribution in [1.82, 2.24) is 14.5 Å². The van der Waals surface area contributed by atoms with Gasteiger partial charge in [-0.05, 0) is 81.1 Å². The number of hydrogen-bond donors (Lipinski definition) is 0. The first-order valence-electron chi connectivity index (χ1n) is 16.9. The van der Waals surface area contributed by atoms with Gasteiger partial charge in [-0.3, -0.25) is 4.57 Å².